The fourth-order valence-corrected chi connectivity index (χ4v) is 7.08. The number of sulfonamides is 1. The van der Waals surface area contributed by atoms with Crippen molar-refractivity contribution in [3.8, 4) is 11.5 Å². The zero-order valence-corrected chi connectivity index (χ0v) is 21.1. The van der Waals surface area contributed by atoms with Crippen LogP contribution in [0.3, 0.4) is 0 Å². The van der Waals surface area contributed by atoms with Crippen LogP contribution in [0.5, 0.6) is 11.5 Å². The third kappa shape index (κ3) is 4.91. The summed E-state index contributed by atoms with van der Waals surface area (Å²) < 4.78 is 38.9. The Bertz CT molecular complexity index is 1160. The number of rotatable bonds is 6. The summed E-state index contributed by atoms with van der Waals surface area (Å²) >= 11 is 0. The number of amides is 1. The molecule has 0 unspecified atom stereocenters. The predicted molar refractivity (Wildman–Crippen MR) is 133 cm³/mol. The van der Waals surface area contributed by atoms with E-state index in [0.717, 1.165) is 42.7 Å². The molecule has 5 rings (SSSR count). The molecule has 2 fully saturated rings. The highest BCUT2D eigenvalue weighted by Gasteiger charge is 2.38. The SMILES string of the molecule is Cc1ccc(S(=O)(=O)N2CCC(C(=O)NCC3(c4ccc5c(c4)OCCO5)CCCC3)CC2)cc1. The molecule has 8 heteroatoms. The summed E-state index contributed by atoms with van der Waals surface area (Å²) in [5.41, 5.74) is 2.12. The van der Waals surface area contributed by atoms with E-state index in [1.165, 1.54) is 9.87 Å². The van der Waals surface area contributed by atoms with E-state index in [4.69, 9.17) is 9.47 Å². The van der Waals surface area contributed by atoms with E-state index in [0.29, 0.717) is 50.6 Å². The van der Waals surface area contributed by atoms with Crippen LogP contribution in [0.4, 0.5) is 0 Å². The molecule has 0 aromatic heterocycles. The van der Waals surface area contributed by atoms with E-state index in [9.17, 15) is 13.2 Å². The van der Waals surface area contributed by atoms with Crippen molar-refractivity contribution in [2.45, 2.75) is 55.8 Å². The Morgan fingerprint density at radius 3 is 2.34 bits per heavy atom. The molecule has 1 amide bonds. The van der Waals surface area contributed by atoms with Crippen molar-refractivity contribution in [1.82, 2.24) is 9.62 Å². The molecule has 2 aromatic carbocycles. The number of nitrogens with zero attached hydrogens (tertiary/aromatic N) is 1. The van der Waals surface area contributed by atoms with Crippen LogP contribution in [0.15, 0.2) is 47.4 Å². The van der Waals surface area contributed by atoms with Crippen LogP contribution in [-0.2, 0) is 20.2 Å². The van der Waals surface area contributed by atoms with Crippen LogP contribution in [0.25, 0.3) is 0 Å². The van der Waals surface area contributed by atoms with E-state index >= 15 is 0 Å². The van der Waals surface area contributed by atoms with Gasteiger partial charge in [-0.05, 0) is 62.4 Å². The lowest BCUT2D eigenvalue weighted by Gasteiger charge is -2.34. The molecule has 1 saturated carbocycles. The number of aryl methyl sites for hydroxylation is 1. The number of carbonyl (C=O) groups is 1. The number of hydrogen-bond donors (Lipinski definition) is 1. The van der Waals surface area contributed by atoms with Crippen molar-refractivity contribution in [1.29, 1.82) is 0 Å². The summed E-state index contributed by atoms with van der Waals surface area (Å²) in [6, 6.07) is 13.1. The van der Waals surface area contributed by atoms with E-state index in [1.54, 1.807) is 12.1 Å². The minimum Gasteiger partial charge on any atom is -0.486 e. The second-order valence-electron chi connectivity index (χ2n) is 10.1. The van der Waals surface area contributed by atoms with Gasteiger partial charge in [0.05, 0.1) is 4.90 Å². The summed E-state index contributed by atoms with van der Waals surface area (Å²) in [5, 5.41) is 3.23. The van der Waals surface area contributed by atoms with Crippen molar-refractivity contribution in [2.75, 3.05) is 32.8 Å². The van der Waals surface area contributed by atoms with Gasteiger partial charge in [0, 0.05) is 31.0 Å². The number of hydrogen-bond acceptors (Lipinski definition) is 5. The van der Waals surface area contributed by atoms with Gasteiger partial charge in [0.1, 0.15) is 13.2 Å². The first kappa shape index (κ1) is 24.1. The first-order valence-electron chi connectivity index (χ1n) is 12.6. The van der Waals surface area contributed by atoms with Crippen molar-refractivity contribution in [2.24, 2.45) is 5.92 Å². The molecule has 2 heterocycles. The van der Waals surface area contributed by atoms with Crippen molar-refractivity contribution in [3.63, 3.8) is 0 Å². The average Bonchev–Trinajstić information content (AvgIpc) is 3.37. The van der Waals surface area contributed by atoms with Gasteiger partial charge in [-0.15, -0.1) is 0 Å². The Hall–Kier alpha value is -2.58. The van der Waals surface area contributed by atoms with E-state index in [-0.39, 0.29) is 17.2 Å². The number of ether oxygens (including phenoxy) is 2. The lowest BCUT2D eigenvalue weighted by molar-refractivity contribution is -0.126. The maximum Gasteiger partial charge on any atom is 0.243 e. The Balaban J connectivity index is 1.20. The first-order valence-corrected chi connectivity index (χ1v) is 14.1. The second kappa shape index (κ2) is 9.82. The summed E-state index contributed by atoms with van der Waals surface area (Å²) in [5.74, 6) is 1.43. The predicted octanol–water partition coefficient (Wildman–Crippen LogP) is 3.80. The third-order valence-corrected chi connectivity index (χ3v) is 9.71. The van der Waals surface area contributed by atoms with Crippen LogP contribution in [0.1, 0.15) is 49.7 Å². The Kier molecular flexibility index (Phi) is 6.77. The third-order valence-electron chi connectivity index (χ3n) is 7.80. The largest absolute Gasteiger partial charge is 0.486 e. The maximum atomic E-state index is 13.1. The van der Waals surface area contributed by atoms with E-state index in [2.05, 4.69) is 17.4 Å². The van der Waals surface area contributed by atoms with Gasteiger partial charge in [-0.1, -0.05) is 36.6 Å². The Morgan fingerprint density at radius 2 is 1.66 bits per heavy atom. The van der Waals surface area contributed by atoms with Crippen LogP contribution in [0, 0.1) is 12.8 Å². The smallest absolute Gasteiger partial charge is 0.243 e. The van der Waals surface area contributed by atoms with Gasteiger partial charge in [0.25, 0.3) is 0 Å². The van der Waals surface area contributed by atoms with E-state index in [1.807, 2.05) is 25.1 Å². The van der Waals surface area contributed by atoms with Crippen LogP contribution in [-0.4, -0.2) is 51.5 Å². The fraction of sp³-hybridized carbons (Fsp3) is 0.519. The summed E-state index contributed by atoms with van der Waals surface area (Å²) in [4.78, 5) is 13.4. The van der Waals surface area contributed by atoms with Gasteiger partial charge in [-0.3, -0.25) is 4.79 Å². The summed E-state index contributed by atoms with van der Waals surface area (Å²) in [7, 11) is -3.53. The molecule has 0 spiro atoms. The molecule has 2 aliphatic heterocycles. The molecule has 1 aliphatic carbocycles. The molecule has 35 heavy (non-hydrogen) atoms. The lowest BCUT2D eigenvalue weighted by atomic mass is 9.78. The number of benzene rings is 2. The first-order chi connectivity index (χ1) is 16.9. The van der Waals surface area contributed by atoms with E-state index < -0.39 is 10.0 Å². The molecule has 1 N–H and O–H groups in total. The Labute approximate surface area is 207 Å². The van der Waals surface area contributed by atoms with Gasteiger partial charge in [0.15, 0.2) is 11.5 Å². The number of nitrogens with one attached hydrogen (secondary N) is 1. The molecule has 1 saturated heterocycles. The highest BCUT2D eigenvalue weighted by molar-refractivity contribution is 7.89. The monoisotopic (exact) mass is 498 g/mol. The van der Waals surface area contributed by atoms with Gasteiger partial charge < -0.3 is 14.8 Å². The molecule has 2 aromatic rings. The molecular formula is C27H34N2O5S. The van der Waals surface area contributed by atoms with Crippen molar-refractivity contribution in [3.05, 3.63) is 53.6 Å². The minimum atomic E-state index is -3.53. The molecule has 0 atom stereocenters. The number of fused-ring (bicyclic) bond motifs is 1. The summed E-state index contributed by atoms with van der Waals surface area (Å²) in [6.07, 6.45) is 5.40. The standard InChI is InChI=1S/C27H34N2O5S/c1-20-4-7-23(8-5-20)35(31,32)29-14-10-21(11-15-29)26(30)28-19-27(12-2-3-13-27)22-6-9-24-25(18-22)34-17-16-33-24/h4-9,18,21H,2-3,10-17,19H2,1H3,(H,28,30). The second-order valence-corrected chi connectivity index (χ2v) is 12.0. The van der Waals surface area contributed by atoms with Gasteiger partial charge >= 0.3 is 0 Å². The maximum absolute atomic E-state index is 13.1. The van der Waals surface area contributed by atoms with Crippen LogP contribution < -0.4 is 14.8 Å². The number of carbonyl (C=O) groups excluding carboxylic acids is 1. The summed E-state index contributed by atoms with van der Waals surface area (Å²) in [6.45, 7) is 4.37. The van der Waals surface area contributed by atoms with Crippen LogP contribution in [0.2, 0.25) is 0 Å². The molecule has 7 nitrogen and oxygen atoms in total. The molecule has 188 valence electrons. The lowest BCUT2D eigenvalue weighted by Crippen LogP contribution is -2.46. The topological polar surface area (TPSA) is 84.9 Å². The average molecular weight is 499 g/mol. The fourth-order valence-electron chi connectivity index (χ4n) is 5.61. The molecule has 0 radical (unpaired) electrons. The normalized spacial score (nSPS) is 20.5. The minimum absolute atomic E-state index is 0.0289. The highest BCUT2D eigenvalue weighted by Crippen LogP contribution is 2.44. The van der Waals surface area contributed by atoms with Gasteiger partial charge in [0.2, 0.25) is 15.9 Å². The Morgan fingerprint density at radius 1 is 1.00 bits per heavy atom. The molecular weight excluding hydrogens is 464 g/mol. The number of piperidine rings is 1. The van der Waals surface area contributed by atoms with Crippen LogP contribution >= 0.6 is 0 Å². The quantitative estimate of drug-likeness (QED) is 0.655. The van der Waals surface area contributed by atoms with Crippen molar-refractivity contribution >= 4 is 15.9 Å². The highest BCUT2D eigenvalue weighted by atomic mass is 32.2. The zero-order valence-electron chi connectivity index (χ0n) is 20.3. The molecule has 0 bridgehead atoms. The van der Waals surface area contributed by atoms with Gasteiger partial charge in [-0.2, -0.15) is 4.31 Å². The zero-order chi connectivity index (χ0) is 24.5. The van der Waals surface area contributed by atoms with Gasteiger partial charge in [-0.25, -0.2) is 8.42 Å². The molecule has 3 aliphatic rings. The van der Waals surface area contributed by atoms with Crippen molar-refractivity contribution < 1.29 is 22.7 Å².